The van der Waals surface area contributed by atoms with E-state index in [1.807, 2.05) is 11.0 Å². The Labute approximate surface area is 124 Å². The Morgan fingerprint density at radius 2 is 1.86 bits per heavy atom. The third kappa shape index (κ3) is 4.85. The van der Waals surface area contributed by atoms with Crippen LogP contribution in [-0.2, 0) is 14.6 Å². The lowest BCUT2D eigenvalue weighted by molar-refractivity contribution is -0.116. The number of amides is 1. The van der Waals surface area contributed by atoms with E-state index in [1.54, 1.807) is 24.3 Å². The lowest BCUT2D eigenvalue weighted by Crippen LogP contribution is -2.41. The number of rotatable bonds is 4. The lowest BCUT2D eigenvalue weighted by atomic mass is 10.2. The van der Waals surface area contributed by atoms with Gasteiger partial charge in [-0.3, -0.25) is 4.79 Å². The predicted molar refractivity (Wildman–Crippen MR) is 79.5 cm³/mol. The van der Waals surface area contributed by atoms with Gasteiger partial charge in [-0.25, -0.2) is 8.42 Å². The molecule has 0 saturated carbocycles. The standard InChI is InChI=1S/C14H17N3O3S/c15-11-12-1-3-13(4-2-12)16-14(18)5-6-17-7-9-21(19,20)10-8-17/h1-4H,5-10H2,(H,16,18). The maximum Gasteiger partial charge on any atom is 0.225 e. The molecule has 1 fully saturated rings. The molecule has 1 aromatic rings. The second kappa shape index (κ2) is 6.70. The molecule has 6 nitrogen and oxygen atoms in total. The summed E-state index contributed by atoms with van der Waals surface area (Å²) in [5, 5.41) is 11.4. The number of carbonyl (C=O) groups excluding carboxylic acids is 1. The van der Waals surface area contributed by atoms with Crippen LogP contribution >= 0.6 is 0 Å². The first-order valence-electron chi connectivity index (χ1n) is 6.71. The minimum absolute atomic E-state index is 0.117. The highest BCUT2D eigenvalue weighted by Gasteiger charge is 2.21. The summed E-state index contributed by atoms with van der Waals surface area (Å²) in [6.07, 6.45) is 0.319. The highest BCUT2D eigenvalue weighted by Crippen LogP contribution is 2.10. The zero-order chi connectivity index (χ0) is 15.3. The fourth-order valence-electron chi connectivity index (χ4n) is 2.09. The Hall–Kier alpha value is -1.91. The average Bonchev–Trinajstić information content (AvgIpc) is 2.47. The molecule has 112 valence electrons. The molecular formula is C14H17N3O3S. The molecular weight excluding hydrogens is 290 g/mol. The maximum atomic E-state index is 11.8. The van der Waals surface area contributed by atoms with Gasteiger partial charge in [0.05, 0.1) is 23.1 Å². The number of benzene rings is 1. The summed E-state index contributed by atoms with van der Waals surface area (Å²) in [5.41, 5.74) is 1.20. The molecule has 21 heavy (non-hydrogen) atoms. The lowest BCUT2D eigenvalue weighted by Gasteiger charge is -2.26. The van der Waals surface area contributed by atoms with E-state index in [4.69, 9.17) is 5.26 Å². The molecule has 7 heteroatoms. The van der Waals surface area contributed by atoms with E-state index in [2.05, 4.69) is 5.32 Å². The minimum atomic E-state index is -2.88. The molecule has 1 aromatic carbocycles. The number of nitrogens with one attached hydrogen (secondary N) is 1. The van der Waals surface area contributed by atoms with Gasteiger partial charge in [0.2, 0.25) is 5.91 Å². The van der Waals surface area contributed by atoms with Crippen LogP contribution in [0.3, 0.4) is 0 Å². The van der Waals surface area contributed by atoms with Crippen molar-refractivity contribution in [2.45, 2.75) is 6.42 Å². The third-order valence-electron chi connectivity index (χ3n) is 3.39. The number of nitrogens with zero attached hydrogens (tertiary/aromatic N) is 2. The largest absolute Gasteiger partial charge is 0.326 e. The van der Waals surface area contributed by atoms with Gasteiger partial charge in [0.1, 0.15) is 0 Å². The molecule has 0 atom stereocenters. The summed E-state index contributed by atoms with van der Waals surface area (Å²) in [4.78, 5) is 13.8. The van der Waals surface area contributed by atoms with E-state index in [-0.39, 0.29) is 17.4 Å². The van der Waals surface area contributed by atoms with Crippen molar-refractivity contribution in [2.24, 2.45) is 0 Å². The molecule has 1 amide bonds. The van der Waals surface area contributed by atoms with Gasteiger partial charge in [-0.05, 0) is 24.3 Å². The third-order valence-corrected chi connectivity index (χ3v) is 5.00. The predicted octanol–water partition coefficient (Wildman–Crippen LogP) is 0.617. The highest BCUT2D eigenvalue weighted by molar-refractivity contribution is 7.91. The van der Waals surface area contributed by atoms with E-state index in [0.717, 1.165) is 0 Å². The fraction of sp³-hybridized carbons (Fsp3) is 0.429. The molecule has 0 unspecified atom stereocenters. The van der Waals surface area contributed by atoms with Crippen LogP contribution in [0.2, 0.25) is 0 Å². The van der Waals surface area contributed by atoms with Crippen molar-refractivity contribution >= 4 is 21.4 Å². The fourth-order valence-corrected chi connectivity index (χ4v) is 3.36. The molecule has 0 bridgehead atoms. The van der Waals surface area contributed by atoms with Gasteiger partial charge >= 0.3 is 0 Å². The number of nitriles is 1. The summed E-state index contributed by atoms with van der Waals surface area (Å²) in [6, 6.07) is 8.67. The van der Waals surface area contributed by atoms with E-state index in [0.29, 0.717) is 37.3 Å². The van der Waals surface area contributed by atoms with Crippen molar-refractivity contribution in [1.82, 2.24) is 4.90 Å². The Morgan fingerprint density at radius 3 is 2.43 bits per heavy atom. The average molecular weight is 307 g/mol. The van der Waals surface area contributed by atoms with Gasteiger partial charge < -0.3 is 10.2 Å². The zero-order valence-electron chi connectivity index (χ0n) is 11.6. The second-order valence-corrected chi connectivity index (χ2v) is 7.28. The first-order valence-corrected chi connectivity index (χ1v) is 8.53. The Bertz CT molecular complexity index is 633. The molecule has 1 N–H and O–H groups in total. The number of sulfone groups is 1. The van der Waals surface area contributed by atoms with Gasteiger partial charge in [-0.1, -0.05) is 0 Å². The molecule has 1 saturated heterocycles. The van der Waals surface area contributed by atoms with Gasteiger partial charge in [0.25, 0.3) is 0 Å². The van der Waals surface area contributed by atoms with Crippen LogP contribution in [0.1, 0.15) is 12.0 Å². The van der Waals surface area contributed by atoms with E-state index in [9.17, 15) is 13.2 Å². The Balaban J connectivity index is 1.76. The van der Waals surface area contributed by atoms with E-state index < -0.39 is 9.84 Å². The van der Waals surface area contributed by atoms with Crippen molar-refractivity contribution in [3.05, 3.63) is 29.8 Å². The topological polar surface area (TPSA) is 90.3 Å². The van der Waals surface area contributed by atoms with Gasteiger partial charge in [-0.15, -0.1) is 0 Å². The second-order valence-electron chi connectivity index (χ2n) is 4.98. The van der Waals surface area contributed by atoms with Crippen LogP contribution in [0, 0.1) is 11.3 Å². The van der Waals surface area contributed by atoms with Crippen molar-refractivity contribution in [1.29, 1.82) is 5.26 Å². The molecule has 0 radical (unpaired) electrons. The molecule has 1 aliphatic heterocycles. The van der Waals surface area contributed by atoms with Crippen molar-refractivity contribution in [2.75, 3.05) is 36.5 Å². The quantitative estimate of drug-likeness (QED) is 0.880. The zero-order valence-corrected chi connectivity index (χ0v) is 12.4. The molecule has 1 heterocycles. The van der Waals surface area contributed by atoms with Crippen LogP contribution in [0.5, 0.6) is 0 Å². The van der Waals surface area contributed by atoms with Gasteiger partial charge in [0, 0.05) is 31.7 Å². The van der Waals surface area contributed by atoms with E-state index in [1.165, 1.54) is 0 Å². The van der Waals surface area contributed by atoms with E-state index >= 15 is 0 Å². The van der Waals surface area contributed by atoms with Crippen molar-refractivity contribution in [3.8, 4) is 6.07 Å². The summed E-state index contributed by atoms with van der Waals surface area (Å²) < 4.78 is 22.6. The minimum Gasteiger partial charge on any atom is -0.326 e. The monoisotopic (exact) mass is 307 g/mol. The Kier molecular flexibility index (Phi) is 4.94. The highest BCUT2D eigenvalue weighted by atomic mass is 32.2. The number of anilines is 1. The molecule has 1 aliphatic rings. The first kappa shape index (κ1) is 15.5. The molecule has 0 spiro atoms. The van der Waals surface area contributed by atoms with Crippen LogP contribution in [0.4, 0.5) is 5.69 Å². The first-order chi connectivity index (χ1) is 9.98. The number of hydrogen-bond donors (Lipinski definition) is 1. The van der Waals surface area contributed by atoms with Crippen LogP contribution in [0.25, 0.3) is 0 Å². The van der Waals surface area contributed by atoms with Crippen LogP contribution in [-0.4, -0.2) is 50.4 Å². The SMILES string of the molecule is N#Cc1ccc(NC(=O)CCN2CCS(=O)(=O)CC2)cc1. The van der Waals surface area contributed by atoms with Crippen molar-refractivity contribution < 1.29 is 13.2 Å². The van der Waals surface area contributed by atoms with Crippen LogP contribution in [0.15, 0.2) is 24.3 Å². The number of hydrogen-bond acceptors (Lipinski definition) is 5. The summed E-state index contributed by atoms with van der Waals surface area (Å²) >= 11 is 0. The normalized spacial score (nSPS) is 17.9. The summed E-state index contributed by atoms with van der Waals surface area (Å²) in [7, 11) is -2.88. The number of carbonyl (C=O) groups is 1. The Morgan fingerprint density at radius 1 is 1.24 bits per heavy atom. The molecule has 0 aromatic heterocycles. The van der Waals surface area contributed by atoms with Gasteiger partial charge in [-0.2, -0.15) is 5.26 Å². The van der Waals surface area contributed by atoms with Crippen LogP contribution < -0.4 is 5.32 Å². The summed E-state index contributed by atoms with van der Waals surface area (Å²) in [5.74, 6) is 0.224. The molecule has 2 rings (SSSR count). The van der Waals surface area contributed by atoms with Gasteiger partial charge in [0.15, 0.2) is 9.84 Å². The van der Waals surface area contributed by atoms with Crippen molar-refractivity contribution in [3.63, 3.8) is 0 Å². The molecule has 0 aliphatic carbocycles. The summed E-state index contributed by atoms with van der Waals surface area (Å²) in [6.45, 7) is 1.54. The smallest absolute Gasteiger partial charge is 0.225 e. The maximum absolute atomic E-state index is 11.8.